The van der Waals surface area contributed by atoms with E-state index in [4.69, 9.17) is 5.73 Å². The van der Waals surface area contributed by atoms with E-state index in [-0.39, 0.29) is 18.4 Å². The second-order valence-corrected chi connectivity index (χ2v) is 5.31. The van der Waals surface area contributed by atoms with Gasteiger partial charge in [-0.1, -0.05) is 5.57 Å². The Bertz CT molecular complexity index is 432. The van der Waals surface area contributed by atoms with Crippen LogP contribution in [0.1, 0.15) is 52.8 Å². The quantitative estimate of drug-likeness (QED) is 0.795. The van der Waals surface area contributed by atoms with Crippen molar-refractivity contribution in [3.8, 4) is 0 Å². The first kappa shape index (κ1) is 17.2. The molecule has 0 radical (unpaired) electrons. The van der Waals surface area contributed by atoms with E-state index >= 15 is 0 Å². The zero-order chi connectivity index (χ0) is 13.3. The van der Waals surface area contributed by atoms with E-state index in [9.17, 15) is 0 Å². The highest BCUT2D eigenvalue weighted by molar-refractivity contribution is 5.85. The predicted molar refractivity (Wildman–Crippen MR) is 83.7 cm³/mol. The predicted octanol–water partition coefficient (Wildman–Crippen LogP) is 4.62. The topological polar surface area (TPSA) is 26.0 Å². The van der Waals surface area contributed by atoms with E-state index in [1.807, 2.05) is 6.92 Å². The Labute approximate surface area is 118 Å². The van der Waals surface area contributed by atoms with E-state index in [2.05, 4.69) is 41.2 Å². The lowest BCUT2D eigenvalue weighted by molar-refractivity contribution is 0.703. The van der Waals surface area contributed by atoms with Crippen LogP contribution in [0, 0.1) is 34.6 Å². The summed E-state index contributed by atoms with van der Waals surface area (Å²) in [6.45, 7) is 16.9. The van der Waals surface area contributed by atoms with E-state index in [1.165, 1.54) is 33.4 Å². The second kappa shape index (κ2) is 6.40. The van der Waals surface area contributed by atoms with Gasteiger partial charge in [0.2, 0.25) is 0 Å². The van der Waals surface area contributed by atoms with Crippen LogP contribution >= 0.6 is 12.4 Å². The van der Waals surface area contributed by atoms with Crippen LogP contribution in [0.15, 0.2) is 12.2 Å². The van der Waals surface area contributed by atoms with Crippen molar-refractivity contribution >= 4 is 12.4 Å². The van der Waals surface area contributed by atoms with Crippen LogP contribution in [0.2, 0.25) is 0 Å². The van der Waals surface area contributed by atoms with Crippen molar-refractivity contribution in [3.05, 3.63) is 45.5 Å². The molecule has 0 bridgehead atoms. The van der Waals surface area contributed by atoms with Gasteiger partial charge in [-0.05, 0) is 81.3 Å². The monoisotopic (exact) mass is 267 g/mol. The average molecular weight is 268 g/mol. The van der Waals surface area contributed by atoms with E-state index in [1.54, 1.807) is 0 Å². The summed E-state index contributed by atoms with van der Waals surface area (Å²) in [6.07, 6.45) is 0.865. The molecular formula is C16H26ClN. The van der Waals surface area contributed by atoms with Gasteiger partial charge in [-0.15, -0.1) is 19.0 Å². The van der Waals surface area contributed by atoms with Gasteiger partial charge in [0.1, 0.15) is 0 Å². The number of hydrogen-bond donors (Lipinski definition) is 1. The van der Waals surface area contributed by atoms with Crippen molar-refractivity contribution < 1.29 is 0 Å². The first-order chi connectivity index (χ1) is 7.77. The van der Waals surface area contributed by atoms with Gasteiger partial charge >= 0.3 is 0 Å². The summed E-state index contributed by atoms with van der Waals surface area (Å²) in [7, 11) is 0. The van der Waals surface area contributed by atoms with Gasteiger partial charge in [-0.25, -0.2) is 0 Å². The molecule has 0 saturated heterocycles. The van der Waals surface area contributed by atoms with E-state index in [0.717, 1.165) is 12.0 Å². The molecule has 0 aliphatic carbocycles. The summed E-state index contributed by atoms with van der Waals surface area (Å²) in [6, 6.07) is 0.0745. The average Bonchev–Trinajstić information content (AvgIpc) is 2.23. The molecule has 0 aromatic heterocycles. The number of benzene rings is 1. The van der Waals surface area contributed by atoms with Crippen molar-refractivity contribution in [3.63, 3.8) is 0 Å². The number of rotatable bonds is 3. The third-order valence-corrected chi connectivity index (χ3v) is 4.00. The lowest BCUT2D eigenvalue weighted by atomic mass is 9.85. The molecular weight excluding hydrogens is 242 g/mol. The molecule has 0 fully saturated rings. The zero-order valence-electron chi connectivity index (χ0n) is 12.5. The Hall–Kier alpha value is -0.790. The largest absolute Gasteiger partial charge is 0.324 e. The third-order valence-electron chi connectivity index (χ3n) is 4.00. The summed E-state index contributed by atoms with van der Waals surface area (Å²) < 4.78 is 0. The van der Waals surface area contributed by atoms with E-state index in [0.29, 0.717) is 0 Å². The first-order valence-corrected chi connectivity index (χ1v) is 6.24. The number of hydrogen-bond acceptors (Lipinski definition) is 1. The minimum Gasteiger partial charge on any atom is -0.324 e. The van der Waals surface area contributed by atoms with Crippen LogP contribution in [0.4, 0.5) is 0 Å². The van der Waals surface area contributed by atoms with Gasteiger partial charge in [0.15, 0.2) is 0 Å². The molecule has 1 rings (SSSR count). The highest BCUT2D eigenvalue weighted by Crippen LogP contribution is 2.31. The fourth-order valence-electron chi connectivity index (χ4n) is 2.56. The highest BCUT2D eigenvalue weighted by Gasteiger charge is 2.17. The molecule has 1 aromatic carbocycles. The summed E-state index contributed by atoms with van der Waals surface area (Å²) in [5.74, 6) is 0. The van der Waals surface area contributed by atoms with Crippen LogP contribution in [0.25, 0.3) is 0 Å². The van der Waals surface area contributed by atoms with Crippen molar-refractivity contribution in [2.75, 3.05) is 0 Å². The standard InChI is InChI=1S/C16H25N.ClH/c1-9(2)8-15(17)16-13(6)11(4)10(3)12(5)14(16)7;/h15H,1,8,17H2,2-7H3;1H/t15-;/m1./s1. The molecule has 1 aromatic rings. The smallest absolute Gasteiger partial charge is 0.0337 e. The second-order valence-electron chi connectivity index (χ2n) is 5.31. The molecule has 0 heterocycles. The molecule has 0 aliphatic rings. The zero-order valence-corrected chi connectivity index (χ0v) is 13.3. The van der Waals surface area contributed by atoms with Crippen LogP contribution < -0.4 is 5.73 Å². The van der Waals surface area contributed by atoms with Crippen LogP contribution in [0.3, 0.4) is 0 Å². The lowest BCUT2D eigenvalue weighted by Crippen LogP contribution is -2.16. The van der Waals surface area contributed by atoms with Crippen molar-refractivity contribution in [1.29, 1.82) is 0 Å². The molecule has 0 spiro atoms. The normalized spacial score (nSPS) is 11.9. The van der Waals surface area contributed by atoms with Crippen LogP contribution in [-0.2, 0) is 0 Å². The SMILES string of the molecule is C=C(C)C[C@@H](N)c1c(C)c(C)c(C)c(C)c1C.Cl. The maximum atomic E-state index is 6.32. The molecule has 0 amide bonds. The molecule has 0 aliphatic heterocycles. The first-order valence-electron chi connectivity index (χ1n) is 6.24. The summed E-state index contributed by atoms with van der Waals surface area (Å²) in [4.78, 5) is 0. The molecule has 0 unspecified atom stereocenters. The Morgan fingerprint density at radius 1 is 0.944 bits per heavy atom. The maximum Gasteiger partial charge on any atom is 0.0337 e. The van der Waals surface area contributed by atoms with Crippen molar-refractivity contribution in [2.45, 2.75) is 54.0 Å². The molecule has 0 saturated carbocycles. The molecule has 1 atom stereocenters. The van der Waals surface area contributed by atoms with Crippen molar-refractivity contribution in [2.24, 2.45) is 5.73 Å². The molecule has 2 heteroatoms. The molecule has 2 N–H and O–H groups in total. The van der Waals surface area contributed by atoms with Gasteiger partial charge in [0.05, 0.1) is 0 Å². The third kappa shape index (κ3) is 3.15. The Morgan fingerprint density at radius 3 is 1.61 bits per heavy atom. The Morgan fingerprint density at radius 2 is 1.28 bits per heavy atom. The van der Waals surface area contributed by atoms with Crippen LogP contribution in [-0.4, -0.2) is 0 Å². The van der Waals surface area contributed by atoms with Gasteiger partial charge in [-0.3, -0.25) is 0 Å². The van der Waals surface area contributed by atoms with Crippen molar-refractivity contribution in [1.82, 2.24) is 0 Å². The fourth-order valence-corrected chi connectivity index (χ4v) is 2.56. The van der Waals surface area contributed by atoms with Gasteiger partial charge in [-0.2, -0.15) is 0 Å². The van der Waals surface area contributed by atoms with Gasteiger partial charge in [0.25, 0.3) is 0 Å². The minimum absolute atomic E-state index is 0. The molecule has 1 nitrogen and oxygen atoms in total. The Kier molecular flexibility index (Phi) is 6.12. The number of halogens is 1. The minimum atomic E-state index is 0. The molecule has 102 valence electrons. The van der Waals surface area contributed by atoms with E-state index < -0.39 is 0 Å². The van der Waals surface area contributed by atoms with Gasteiger partial charge < -0.3 is 5.73 Å². The summed E-state index contributed by atoms with van der Waals surface area (Å²) in [5.41, 5.74) is 15.6. The lowest BCUT2D eigenvalue weighted by Gasteiger charge is -2.23. The highest BCUT2D eigenvalue weighted by atomic mass is 35.5. The Balaban J connectivity index is 0.00000289. The molecule has 18 heavy (non-hydrogen) atoms. The van der Waals surface area contributed by atoms with Gasteiger partial charge in [0, 0.05) is 6.04 Å². The summed E-state index contributed by atoms with van der Waals surface area (Å²) in [5, 5.41) is 0. The summed E-state index contributed by atoms with van der Waals surface area (Å²) >= 11 is 0. The number of nitrogens with two attached hydrogens (primary N) is 1. The fraction of sp³-hybridized carbons (Fsp3) is 0.500. The maximum absolute atomic E-state index is 6.32. The van der Waals surface area contributed by atoms with Crippen LogP contribution in [0.5, 0.6) is 0 Å².